The molecule has 0 saturated carbocycles. The highest BCUT2D eigenvalue weighted by Gasteiger charge is 2.32. The molecule has 1 fully saturated rings. The maximum atomic E-state index is 12.5. The zero-order valence-corrected chi connectivity index (χ0v) is 19.0. The normalized spacial score (nSPS) is 14.3. The number of nitrogens with two attached hydrogens (primary N) is 2. The Labute approximate surface area is 196 Å². The summed E-state index contributed by atoms with van der Waals surface area (Å²) in [7, 11) is 1.58. The van der Waals surface area contributed by atoms with Gasteiger partial charge >= 0.3 is 6.18 Å². The van der Waals surface area contributed by atoms with Crippen LogP contribution in [0.1, 0.15) is 25.5 Å². The van der Waals surface area contributed by atoms with Crippen molar-refractivity contribution in [1.29, 1.82) is 0 Å². The number of hydrogen-bond donors (Lipinski definition) is 2. The second kappa shape index (κ2) is 12.5. The predicted molar refractivity (Wildman–Crippen MR) is 124 cm³/mol. The summed E-state index contributed by atoms with van der Waals surface area (Å²) in [6.07, 6.45) is 0.430. The van der Waals surface area contributed by atoms with E-state index in [0.29, 0.717) is 17.2 Å². The minimum atomic E-state index is -4.44. The molecule has 1 amide bonds. The fourth-order valence-electron chi connectivity index (χ4n) is 2.98. The van der Waals surface area contributed by atoms with Crippen LogP contribution in [0.5, 0.6) is 11.5 Å². The van der Waals surface area contributed by atoms with E-state index in [1.807, 2.05) is 18.2 Å². The van der Waals surface area contributed by atoms with Crippen molar-refractivity contribution in [2.24, 2.45) is 16.5 Å². The molecular formula is C23H28F3N5O3. The number of pyridine rings is 1. The highest BCUT2D eigenvalue weighted by molar-refractivity contribution is 5.79. The molecule has 2 heterocycles. The number of ether oxygens (including phenoxy) is 2. The van der Waals surface area contributed by atoms with E-state index in [4.69, 9.17) is 20.9 Å². The van der Waals surface area contributed by atoms with Crippen molar-refractivity contribution >= 4 is 17.8 Å². The van der Waals surface area contributed by atoms with E-state index in [9.17, 15) is 18.0 Å². The molecule has 0 atom stereocenters. The average molecular weight is 480 g/mol. The number of rotatable bonds is 7. The Morgan fingerprint density at radius 3 is 2.41 bits per heavy atom. The highest BCUT2D eigenvalue weighted by Crippen LogP contribution is 2.30. The summed E-state index contributed by atoms with van der Waals surface area (Å²) in [6.45, 7) is 3.50. The first kappa shape index (κ1) is 26.5. The van der Waals surface area contributed by atoms with Crippen molar-refractivity contribution < 1.29 is 27.4 Å². The maximum absolute atomic E-state index is 12.5. The molecule has 1 saturated heterocycles. The van der Waals surface area contributed by atoms with Crippen LogP contribution < -0.4 is 21.1 Å². The number of carbonyl (C=O) groups excluding carboxylic acids is 1. The Morgan fingerprint density at radius 2 is 1.88 bits per heavy atom. The second-order valence-corrected chi connectivity index (χ2v) is 7.36. The van der Waals surface area contributed by atoms with Crippen molar-refractivity contribution in [3.63, 3.8) is 0 Å². The highest BCUT2D eigenvalue weighted by atomic mass is 19.4. The van der Waals surface area contributed by atoms with Gasteiger partial charge in [-0.2, -0.15) is 13.2 Å². The van der Waals surface area contributed by atoms with Gasteiger partial charge in [0.25, 0.3) is 5.91 Å². The number of hydrogen-bond acceptors (Lipinski definition) is 7. The van der Waals surface area contributed by atoms with Gasteiger partial charge < -0.3 is 25.8 Å². The van der Waals surface area contributed by atoms with Crippen LogP contribution in [0.3, 0.4) is 0 Å². The first-order valence-corrected chi connectivity index (χ1v) is 10.5. The van der Waals surface area contributed by atoms with Crippen molar-refractivity contribution in [2.45, 2.75) is 25.9 Å². The standard InChI is InChI=1S/C16H15F3N2O.C7H13N3O2/c17-16(18,19)15-7-6-14(11-20-15)22-13-5-3-4-12(10-13)21-8-1-2-9-21;1-5(8)6(3-10-2)12-4-7(9)11/h3-7,10-11H,1-2,8-9H2;3H,4,8H2,1-2H3,(H2,9,11)/b;6-5+,10-3?. The van der Waals surface area contributed by atoms with Crippen LogP contribution in [0.25, 0.3) is 0 Å². The molecule has 1 aliphatic rings. The number of amides is 1. The molecule has 11 heteroatoms. The van der Waals surface area contributed by atoms with Gasteiger partial charge in [-0.1, -0.05) is 6.07 Å². The molecule has 34 heavy (non-hydrogen) atoms. The van der Waals surface area contributed by atoms with E-state index in [1.165, 1.54) is 25.1 Å². The van der Waals surface area contributed by atoms with Gasteiger partial charge in [-0.05, 0) is 44.0 Å². The summed E-state index contributed by atoms with van der Waals surface area (Å²) in [5.41, 5.74) is 10.9. The summed E-state index contributed by atoms with van der Waals surface area (Å²) >= 11 is 0. The van der Waals surface area contributed by atoms with Gasteiger partial charge in [0.1, 0.15) is 17.2 Å². The largest absolute Gasteiger partial charge is 0.480 e. The Bertz CT molecular complexity index is 998. The quantitative estimate of drug-likeness (QED) is 0.460. The number of alkyl halides is 3. The monoisotopic (exact) mass is 479 g/mol. The van der Waals surface area contributed by atoms with Gasteiger partial charge in [0.2, 0.25) is 0 Å². The molecule has 0 aliphatic carbocycles. The molecule has 2 aromatic rings. The number of aliphatic imine (C=N–C) groups is 1. The summed E-state index contributed by atoms with van der Waals surface area (Å²) < 4.78 is 47.9. The fourth-order valence-corrected chi connectivity index (χ4v) is 2.98. The summed E-state index contributed by atoms with van der Waals surface area (Å²) in [5, 5.41) is 0. The number of benzene rings is 1. The number of aromatic nitrogens is 1. The number of carbonyl (C=O) groups is 1. The van der Waals surface area contributed by atoms with E-state index in [2.05, 4.69) is 14.9 Å². The molecule has 1 aromatic carbocycles. The Kier molecular flexibility index (Phi) is 9.72. The minimum Gasteiger partial charge on any atom is -0.480 e. The lowest BCUT2D eigenvalue weighted by Crippen LogP contribution is -2.19. The number of allylic oxidation sites excluding steroid dienone is 2. The fraction of sp³-hybridized carbons (Fsp3) is 0.348. The number of anilines is 1. The van der Waals surface area contributed by atoms with Crippen molar-refractivity contribution in [3.05, 3.63) is 59.7 Å². The Morgan fingerprint density at radius 1 is 1.18 bits per heavy atom. The van der Waals surface area contributed by atoms with Crippen molar-refractivity contribution in [2.75, 3.05) is 31.6 Å². The molecule has 3 rings (SSSR count). The van der Waals surface area contributed by atoms with Crippen molar-refractivity contribution in [3.8, 4) is 11.5 Å². The van der Waals surface area contributed by atoms with Crippen LogP contribution in [0.4, 0.5) is 18.9 Å². The van der Waals surface area contributed by atoms with Crippen LogP contribution in [0.2, 0.25) is 0 Å². The summed E-state index contributed by atoms with van der Waals surface area (Å²) in [4.78, 5) is 19.7. The number of halogens is 3. The maximum Gasteiger partial charge on any atom is 0.433 e. The number of primary amides is 1. The van der Waals surface area contributed by atoms with Crippen molar-refractivity contribution in [1.82, 2.24) is 4.98 Å². The first-order chi connectivity index (χ1) is 16.1. The molecular weight excluding hydrogens is 451 g/mol. The van der Waals surface area contributed by atoms with E-state index >= 15 is 0 Å². The predicted octanol–water partition coefficient (Wildman–Crippen LogP) is 3.87. The minimum absolute atomic E-state index is 0.185. The van der Waals surface area contributed by atoms with Gasteiger partial charge in [-0.15, -0.1) is 0 Å². The second-order valence-electron chi connectivity index (χ2n) is 7.36. The SMILES string of the molecule is CN=C/C(OCC(N)=O)=C(/C)N.FC(F)(F)c1ccc(Oc2cccc(N3CCCC3)c2)cn1. The summed E-state index contributed by atoms with van der Waals surface area (Å²) in [5.74, 6) is 0.701. The van der Waals surface area contributed by atoms with Gasteiger partial charge in [-0.3, -0.25) is 9.79 Å². The Balaban J connectivity index is 0.000000292. The molecule has 4 N–H and O–H groups in total. The molecule has 0 bridgehead atoms. The molecule has 184 valence electrons. The third kappa shape index (κ3) is 8.64. The third-order valence-electron chi connectivity index (χ3n) is 4.56. The van der Waals surface area contributed by atoms with Gasteiger partial charge in [-0.25, -0.2) is 4.98 Å². The average Bonchev–Trinajstić information content (AvgIpc) is 3.32. The van der Waals surface area contributed by atoms with Crippen LogP contribution in [-0.4, -0.2) is 43.8 Å². The van der Waals surface area contributed by atoms with Crippen LogP contribution in [-0.2, 0) is 15.7 Å². The van der Waals surface area contributed by atoms with E-state index in [-0.39, 0.29) is 12.4 Å². The molecule has 0 unspecified atom stereocenters. The zero-order valence-electron chi connectivity index (χ0n) is 19.0. The third-order valence-corrected chi connectivity index (χ3v) is 4.56. The van der Waals surface area contributed by atoms with Gasteiger partial charge in [0.05, 0.1) is 12.4 Å². The summed E-state index contributed by atoms with van der Waals surface area (Å²) in [6, 6.07) is 9.74. The van der Waals surface area contributed by atoms with Crippen LogP contribution in [0.15, 0.2) is 59.0 Å². The van der Waals surface area contributed by atoms with E-state index < -0.39 is 17.8 Å². The lowest BCUT2D eigenvalue weighted by atomic mass is 10.2. The first-order valence-electron chi connectivity index (χ1n) is 10.5. The van der Waals surface area contributed by atoms with Gasteiger partial charge in [0.15, 0.2) is 12.4 Å². The number of nitrogens with zero attached hydrogens (tertiary/aromatic N) is 3. The van der Waals surface area contributed by atoms with E-state index in [0.717, 1.165) is 31.0 Å². The van der Waals surface area contributed by atoms with E-state index in [1.54, 1.807) is 20.0 Å². The van der Waals surface area contributed by atoms with Gasteiger partial charge in [0, 0.05) is 37.6 Å². The lowest BCUT2D eigenvalue weighted by Gasteiger charge is -2.18. The molecule has 1 aliphatic heterocycles. The van der Waals surface area contributed by atoms with Crippen LogP contribution >= 0.6 is 0 Å². The molecule has 1 aromatic heterocycles. The lowest BCUT2D eigenvalue weighted by molar-refractivity contribution is -0.141. The molecule has 8 nitrogen and oxygen atoms in total. The molecule has 0 radical (unpaired) electrons. The zero-order chi connectivity index (χ0) is 25.1. The topological polar surface area (TPSA) is 116 Å². The Hall–Kier alpha value is -3.76. The molecule has 0 spiro atoms. The smallest absolute Gasteiger partial charge is 0.433 e. The van der Waals surface area contributed by atoms with Crippen LogP contribution in [0, 0.1) is 0 Å².